The molecule has 0 spiro atoms. The van der Waals surface area contributed by atoms with E-state index in [9.17, 15) is 4.21 Å². The van der Waals surface area contributed by atoms with Crippen LogP contribution in [-0.2, 0) is 10.8 Å². The minimum atomic E-state index is -0.786. The Balaban J connectivity index is 1.74. The number of hydrogen-bond donors (Lipinski definition) is 1. The van der Waals surface area contributed by atoms with Gasteiger partial charge in [0.15, 0.2) is 5.96 Å². The number of piperidine rings is 1. The first-order valence-electron chi connectivity index (χ1n) is 8.15. The number of likely N-dealkylation sites (tertiary alicyclic amines) is 1. The van der Waals surface area contributed by atoms with Crippen LogP contribution in [0.1, 0.15) is 32.1 Å². The summed E-state index contributed by atoms with van der Waals surface area (Å²) in [6, 6.07) is 10.2. The van der Waals surface area contributed by atoms with Crippen LogP contribution in [0.15, 0.2) is 35.3 Å². The van der Waals surface area contributed by atoms with Crippen molar-refractivity contribution in [2.24, 2.45) is 4.99 Å². The van der Waals surface area contributed by atoms with E-state index in [1.54, 1.807) is 0 Å². The number of hydrogen-bond acceptors (Lipinski definition) is 2. The van der Waals surface area contributed by atoms with Crippen LogP contribution >= 0.6 is 0 Å². The minimum absolute atomic E-state index is 0.0561. The summed E-state index contributed by atoms with van der Waals surface area (Å²) in [7, 11) is -0.786. The Morgan fingerprint density at radius 2 is 1.91 bits per heavy atom. The lowest BCUT2D eigenvalue weighted by Crippen LogP contribution is -2.40. The van der Waals surface area contributed by atoms with Gasteiger partial charge in [-0.05, 0) is 44.2 Å². The first kappa shape index (κ1) is 15.5. The highest BCUT2D eigenvalue weighted by Gasteiger charge is 2.46. The Morgan fingerprint density at radius 3 is 2.50 bits per heavy atom. The van der Waals surface area contributed by atoms with Crippen LogP contribution in [0.5, 0.6) is 0 Å². The molecular weight excluding hydrogens is 294 g/mol. The lowest BCUT2D eigenvalue weighted by atomic mass is 10.1. The molecule has 3 rings (SSSR count). The van der Waals surface area contributed by atoms with E-state index in [4.69, 9.17) is 4.99 Å². The van der Waals surface area contributed by atoms with Crippen molar-refractivity contribution >= 4 is 22.4 Å². The zero-order chi connectivity index (χ0) is 15.4. The number of guanidine groups is 1. The van der Waals surface area contributed by atoms with Crippen molar-refractivity contribution < 1.29 is 4.21 Å². The fourth-order valence-corrected chi connectivity index (χ4v) is 3.79. The number of anilines is 1. The third-order valence-electron chi connectivity index (χ3n) is 4.62. The Labute approximate surface area is 135 Å². The molecule has 5 heteroatoms. The molecule has 0 amide bonds. The molecule has 120 valence electrons. The highest BCUT2D eigenvalue weighted by atomic mass is 32.2. The topological polar surface area (TPSA) is 44.7 Å². The van der Waals surface area contributed by atoms with Gasteiger partial charge < -0.3 is 10.2 Å². The molecule has 2 fully saturated rings. The van der Waals surface area contributed by atoms with Crippen LogP contribution in [0.4, 0.5) is 5.69 Å². The third-order valence-corrected chi connectivity index (χ3v) is 6.38. The van der Waals surface area contributed by atoms with Gasteiger partial charge in [-0.2, -0.15) is 0 Å². The molecule has 1 aromatic rings. The fourth-order valence-electron chi connectivity index (χ4n) is 2.87. The lowest BCUT2D eigenvalue weighted by molar-refractivity contribution is 0.340. The van der Waals surface area contributed by atoms with Crippen molar-refractivity contribution in [1.82, 2.24) is 4.90 Å². The largest absolute Gasteiger partial charge is 0.343 e. The van der Waals surface area contributed by atoms with E-state index in [1.165, 1.54) is 19.3 Å². The van der Waals surface area contributed by atoms with Crippen molar-refractivity contribution in [1.29, 1.82) is 0 Å². The quantitative estimate of drug-likeness (QED) is 0.685. The first-order chi connectivity index (χ1) is 10.7. The maximum absolute atomic E-state index is 11.9. The monoisotopic (exact) mass is 319 g/mol. The molecule has 1 heterocycles. The van der Waals surface area contributed by atoms with E-state index in [0.29, 0.717) is 6.54 Å². The van der Waals surface area contributed by atoms with Crippen molar-refractivity contribution in [3.63, 3.8) is 0 Å². The third kappa shape index (κ3) is 3.69. The van der Waals surface area contributed by atoms with Gasteiger partial charge in [0.25, 0.3) is 0 Å². The summed E-state index contributed by atoms with van der Waals surface area (Å²) in [6.07, 6.45) is 7.64. The molecule has 22 heavy (non-hydrogen) atoms. The molecule has 0 bridgehead atoms. The van der Waals surface area contributed by atoms with Gasteiger partial charge in [-0.3, -0.25) is 9.20 Å². The van der Waals surface area contributed by atoms with Crippen LogP contribution in [0.2, 0.25) is 0 Å². The summed E-state index contributed by atoms with van der Waals surface area (Å²) < 4.78 is 11.8. The van der Waals surface area contributed by atoms with E-state index in [1.807, 2.05) is 24.5 Å². The van der Waals surface area contributed by atoms with E-state index in [2.05, 4.69) is 22.3 Å². The predicted molar refractivity (Wildman–Crippen MR) is 93.8 cm³/mol. The summed E-state index contributed by atoms with van der Waals surface area (Å²) in [4.78, 5) is 7.17. The summed E-state index contributed by atoms with van der Waals surface area (Å²) in [5, 5.41) is 3.46. The molecule has 1 unspecified atom stereocenters. The summed E-state index contributed by atoms with van der Waals surface area (Å²) in [5.74, 6) is 0.947. The highest BCUT2D eigenvalue weighted by molar-refractivity contribution is 7.86. The van der Waals surface area contributed by atoms with E-state index in [-0.39, 0.29) is 4.75 Å². The molecule has 1 aromatic carbocycles. The van der Waals surface area contributed by atoms with Crippen molar-refractivity contribution in [2.45, 2.75) is 36.9 Å². The molecule has 2 aliphatic rings. The average molecular weight is 319 g/mol. The molecule has 1 aliphatic carbocycles. The number of aliphatic imine (C=N–C) groups is 1. The van der Waals surface area contributed by atoms with Gasteiger partial charge in [0, 0.05) is 35.8 Å². The molecular formula is C17H25N3OS. The number of para-hydroxylation sites is 1. The zero-order valence-corrected chi connectivity index (χ0v) is 14.1. The number of rotatable bonds is 4. The molecule has 1 aliphatic heterocycles. The van der Waals surface area contributed by atoms with Gasteiger partial charge in [-0.1, -0.05) is 18.2 Å². The zero-order valence-electron chi connectivity index (χ0n) is 13.3. The van der Waals surface area contributed by atoms with Crippen LogP contribution in [0.3, 0.4) is 0 Å². The van der Waals surface area contributed by atoms with Crippen LogP contribution in [0, 0.1) is 0 Å². The van der Waals surface area contributed by atoms with E-state index in [0.717, 1.165) is 37.6 Å². The average Bonchev–Trinajstić information content (AvgIpc) is 3.34. The maximum Gasteiger partial charge on any atom is 0.198 e. The Morgan fingerprint density at radius 1 is 1.23 bits per heavy atom. The molecule has 1 saturated heterocycles. The van der Waals surface area contributed by atoms with Gasteiger partial charge in [-0.15, -0.1) is 0 Å². The maximum atomic E-state index is 11.9. The Kier molecular flexibility index (Phi) is 4.81. The Bertz CT molecular complexity index is 548. The van der Waals surface area contributed by atoms with Gasteiger partial charge in [-0.25, -0.2) is 0 Å². The number of benzene rings is 1. The fraction of sp³-hybridized carbons (Fsp3) is 0.588. The molecule has 4 nitrogen and oxygen atoms in total. The minimum Gasteiger partial charge on any atom is -0.343 e. The smallest absolute Gasteiger partial charge is 0.198 e. The van der Waals surface area contributed by atoms with E-state index < -0.39 is 10.8 Å². The molecule has 1 saturated carbocycles. The van der Waals surface area contributed by atoms with Crippen LogP contribution < -0.4 is 5.32 Å². The second kappa shape index (κ2) is 6.82. The molecule has 0 radical (unpaired) electrons. The standard InChI is InChI=1S/C17H25N3OS/c1-22(21)17(10-11-17)14-18-16(20-12-6-3-7-13-20)19-15-8-4-2-5-9-15/h2,4-5,8-9H,3,6-7,10-14H2,1H3,(H,18,19). The molecule has 0 aromatic heterocycles. The SMILES string of the molecule is CS(=O)C1(CN=C(Nc2ccccc2)N2CCCCC2)CC1. The van der Waals surface area contributed by atoms with Crippen molar-refractivity contribution in [2.75, 3.05) is 31.2 Å². The molecule has 1 atom stereocenters. The molecule has 1 N–H and O–H groups in total. The van der Waals surface area contributed by atoms with Gasteiger partial charge in [0.05, 0.1) is 11.3 Å². The summed E-state index contributed by atoms with van der Waals surface area (Å²) in [5.41, 5.74) is 1.06. The van der Waals surface area contributed by atoms with Gasteiger partial charge in [0.2, 0.25) is 0 Å². The van der Waals surface area contributed by atoms with Crippen molar-refractivity contribution in [3.05, 3.63) is 30.3 Å². The van der Waals surface area contributed by atoms with Crippen LogP contribution in [-0.4, -0.2) is 45.7 Å². The van der Waals surface area contributed by atoms with Crippen LogP contribution in [0.25, 0.3) is 0 Å². The highest BCUT2D eigenvalue weighted by Crippen LogP contribution is 2.41. The Hall–Kier alpha value is -1.36. The van der Waals surface area contributed by atoms with Crippen molar-refractivity contribution in [3.8, 4) is 0 Å². The first-order valence-corrected chi connectivity index (χ1v) is 9.70. The number of nitrogens with zero attached hydrogens (tertiary/aromatic N) is 2. The van der Waals surface area contributed by atoms with Gasteiger partial charge >= 0.3 is 0 Å². The normalized spacial score (nSPS) is 22.2. The summed E-state index contributed by atoms with van der Waals surface area (Å²) >= 11 is 0. The van der Waals surface area contributed by atoms with E-state index >= 15 is 0 Å². The lowest BCUT2D eigenvalue weighted by Gasteiger charge is -2.30. The second-order valence-corrected chi connectivity index (χ2v) is 8.09. The second-order valence-electron chi connectivity index (χ2n) is 6.32. The summed E-state index contributed by atoms with van der Waals surface area (Å²) in [6.45, 7) is 2.78. The number of nitrogens with one attached hydrogen (secondary N) is 1. The van der Waals surface area contributed by atoms with Gasteiger partial charge in [0.1, 0.15) is 0 Å². The predicted octanol–water partition coefficient (Wildman–Crippen LogP) is 2.85.